The Kier molecular flexibility index (Phi) is 5.99. The number of carbonyl (C=O) groups excluding carboxylic acids is 2. The molecule has 0 saturated carbocycles. The molecule has 0 heterocycles. The third kappa shape index (κ3) is 4.80. The van der Waals surface area contributed by atoms with E-state index in [0.29, 0.717) is 0 Å². The molecular weight excluding hydrogens is 385 g/mol. The van der Waals surface area contributed by atoms with Gasteiger partial charge in [-0.15, -0.1) is 0 Å². The monoisotopic (exact) mass is 399 g/mol. The summed E-state index contributed by atoms with van der Waals surface area (Å²) in [4.78, 5) is 24.2. The number of hydrogen-bond donors (Lipinski definition) is 1. The van der Waals surface area contributed by atoms with E-state index >= 15 is 0 Å². The lowest BCUT2D eigenvalue weighted by atomic mass is 10.2. The lowest BCUT2D eigenvalue weighted by Gasteiger charge is -2.15. The summed E-state index contributed by atoms with van der Waals surface area (Å²) in [6.45, 7) is 1.31. The van der Waals surface area contributed by atoms with E-state index in [2.05, 4.69) is 5.32 Å². The molecule has 1 atom stereocenters. The van der Waals surface area contributed by atoms with Gasteiger partial charge in [0, 0.05) is 6.26 Å². The van der Waals surface area contributed by atoms with Crippen molar-refractivity contribution in [2.75, 3.05) is 11.6 Å². The highest BCUT2D eigenvalue weighted by molar-refractivity contribution is 7.90. The molecule has 26 heavy (non-hydrogen) atoms. The van der Waals surface area contributed by atoms with Crippen LogP contribution >= 0.6 is 11.6 Å². The van der Waals surface area contributed by atoms with E-state index in [1.54, 1.807) is 0 Å². The van der Waals surface area contributed by atoms with E-state index in [9.17, 15) is 22.4 Å². The molecule has 2 rings (SSSR count). The molecule has 9 heteroatoms. The van der Waals surface area contributed by atoms with Gasteiger partial charge in [0.1, 0.15) is 5.82 Å². The van der Waals surface area contributed by atoms with Crippen LogP contribution in [0.4, 0.5) is 10.1 Å². The normalized spacial score (nSPS) is 12.3. The molecule has 0 aromatic heterocycles. The summed E-state index contributed by atoms with van der Waals surface area (Å²) < 4.78 is 41.6. The van der Waals surface area contributed by atoms with Crippen molar-refractivity contribution in [1.29, 1.82) is 0 Å². The Hall–Kier alpha value is -2.45. The zero-order valence-corrected chi connectivity index (χ0v) is 15.4. The van der Waals surface area contributed by atoms with Crippen molar-refractivity contribution in [1.82, 2.24) is 0 Å². The summed E-state index contributed by atoms with van der Waals surface area (Å²) in [5, 5.41) is 2.39. The predicted octanol–water partition coefficient (Wildman–Crippen LogP) is 3.07. The molecule has 1 amide bonds. The number of ether oxygens (including phenoxy) is 1. The fraction of sp³-hybridized carbons (Fsp3) is 0.176. The van der Waals surface area contributed by atoms with Gasteiger partial charge >= 0.3 is 5.97 Å². The summed E-state index contributed by atoms with van der Waals surface area (Å²) in [6.07, 6.45) is -0.276. The maximum absolute atomic E-state index is 13.0. The maximum atomic E-state index is 13.0. The van der Waals surface area contributed by atoms with Gasteiger partial charge in [0.25, 0.3) is 5.91 Å². The molecule has 1 N–H and O–H groups in total. The van der Waals surface area contributed by atoms with Gasteiger partial charge in [0.2, 0.25) is 0 Å². The topological polar surface area (TPSA) is 89.5 Å². The Labute approximate surface area is 154 Å². The van der Waals surface area contributed by atoms with Gasteiger partial charge in [-0.05, 0) is 37.3 Å². The number of benzene rings is 2. The molecule has 0 aliphatic rings. The van der Waals surface area contributed by atoms with Gasteiger partial charge in [0.15, 0.2) is 15.9 Å². The van der Waals surface area contributed by atoms with Crippen molar-refractivity contribution in [2.45, 2.75) is 17.9 Å². The third-order valence-electron chi connectivity index (χ3n) is 3.35. The zero-order chi connectivity index (χ0) is 19.5. The zero-order valence-electron chi connectivity index (χ0n) is 13.8. The van der Waals surface area contributed by atoms with Crippen LogP contribution < -0.4 is 5.32 Å². The molecule has 0 aliphatic carbocycles. The first kappa shape index (κ1) is 19.9. The molecular formula is C17H15ClFNO5S. The number of anilines is 1. The Balaban J connectivity index is 2.13. The van der Waals surface area contributed by atoms with Crippen LogP contribution in [0.2, 0.25) is 5.02 Å². The molecule has 0 radical (unpaired) electrons. The first-order valence-corrected chi connectivity index (χ1v) is 9.62. The molecule has 0 aliphatic heterocycles. The van der Waals surface area contributed by atoms with E-state index in [0.717, 1.165) is 18.4 Å². The molecule has 2 aromatic carbocycles. The lowest BCUT2D eigenvalue weighted by molar-refractivity contribution is -0.123. The van der Waals surface area contributed by atoms with Crippen LogP contribution in [0.15, 0.2) is 47.4 Å². The molecule has 138 valence electrons. The van der Waals surface area contributed by atoms with E-state index in [4.69, 9.17) is 16.3 Å². The number of rotatable bonds is 5. The van der Waals surface area contributed by atoms with E-state index in [1.807, 2.05) is 0 Å². The van der Waals surface area contributed by atoms with Crippen molar-refractivity contribution in [2.24, 2.45) is 0 Å². The quantitative estimate of drug-likeness (QED) is 0.780. The van der Waals surface area contributed by atoms with Crippen molar-refractivity contribution in [3.8, 4) is 0 Å². The van der Waals surface area contributed by atoms with E-state index < -0.39 is 33.6 Å². The second kappa shape index (κ2) is 7.84. The Morgan fingerprint density at radius 3 is 2.46 bits per heavy atom. The highest BCUT2D eigenvalue weighted by Gasteiger charge is 2.24. The number of amides is 1. The number of sulfone groups is 1. The van der Waals surface area contributed by atoms with Crippen LogP contribution in [-0.4, -0.2) is 32.7 Å². The summed E-state index contributed by atoms with van der Waals surface area (Å²) >= 11 is 5.82. The summed E-state index contributed by atoms with van der Waals surface area (Å²) in [5.74, 6) is -2.23. The standard InChI is InChI=1S/C17H15ClFNO5S/c1-10(16(21)20-14-8-7-11(19)9-13(14)18)25-17(22)12-5-3-4-6-15(12)26(2,23)24/h3-10H,1-2H3,(H,20,21). The molecule has 6 nitrogen and oxygen atoms in total. The number of nitrogens with one attached hydrogen (secondary N) is 1. The van der Waals surface area contributed by atoms with Crippen molar-refractivity contribution < 1.29 is 27.1 Å². The van der Waals surface area contributed by atoms with Gasteiger partial charge in [-0.1, -0.05) is 23.7 Å². The number of hydrogen-bond acceptors (Lipinski definition) is 5. The van der Waals surface area contributed by atoms with Crippen LogP contribution in [-0.2, 0) is 19.4 Å². The molecule has 0 bridgehead atoms. The van der Waals surface area contributed by atoms with E-state index in [1.165, 1.54) is 37.3 Å². The molecule has 1 unspecified atom stereocenters. The minimum atomic E-state index is -3.65. The van der Waals surface area contributed by atoms with Crippen LogP contribution in [0, 0.1) is 5.82 Å². The van der Waals surface area contributed by atoms with Gasteiger partial charge in [-0.2, -0.15) is 0 Å². The van der Waals surface area contributed by atoms with Crippen molar-refractivity contribution in [3.05, 3.63) is 58.9 Å². The average Bonchev–Trinajstić information content (AvgIpc) is 2.56. The lowest BCUT2D eigenvalue weighted by Crippen LogP contribution is -2.30. The van der Waals surface area contributed by atoms with Crippen LogP contribution in [0.25, 0.3) is 0 Å². The maximum Gasteiger partial charge on any atom is 0.340 e. The van der Waals surface area contributed by atoms with Crippen molar-refractivity contribution >= 4 is 39.0 Å². The number of halogens is 2. The summed E-state index contributed by atoms with van der Waals surface area (Å²) in [7, 11) is -3.65. The molecule has 2 aromatic rings. The van der Waals surface area contributed by atoms with Gasteiger partial charge < -0.3 is 10.1 Å². The molecule has 0 fully saturated rings. The fourth-order valence-corrected chi connectivity index (χ4v) is 3.15. The molecule has 0 spiro atoms. The first-order chi connectivity index (χ1) is 12.1. The SMILES string of the molecule is CC(OC(=O)c1ccccc1S(C)(=O)=O)C(=O)Nc1ccc(F)cc1Cl. The molecule has 0 saturated heterocycles. The summed E-state index contributed by atoms with van der Waals surface area (Å²) in [5.41, 5.74) is -0.0213. The Morgan fingerprint density at radius 1 is 1.19 bits per heavy atom. The first-order valence-electron chi connectivity index (χ1n) is 7.35. The largest absolute Gasteiger partial charge is 0.449 e. The van der Waals surface area contributed by atoms with E-state index in [-0.39, 0.29) is 21.2 Å². The second-order valence-electron chi connectivity index (χ2n) is 5.43. The minimum absolute atomic E-state index is 0.0145. The highest BCUT2D eigenvalue weighted by Crippen LogP contribution is 2.23. The fourth-order valence-electron chi connectivity index (χ4n) is 2.06. The number of esters is 1. The van der Waals surface area contributed by atoms with Gasteiger partial charge in [0.05, 0.1) is 21.2 Å². The average molecular weight is 400 g/mol. The third-order valence-corrected chi connectivity index (χ3v) is 4.82. The Bertz CT molecular complexity index is 961. The van der Waals surface area contributed by atoms with Crippen LogP contribution in [0.1, 0.15) is 17.3 Å². The Morgan fingerprint density at radius 2 is 1.85 bits per heavy atom. The van der Waals surface area contributed by atoms with Gasteiger partial charge in [-0.25, -0.2) is 17.6 Å². The second-order valence-corrected chi connectivity index (χ2v) is 7.82. The highest BCUT2D eigenvalue weighted by atomic mass is 35.5. The minimum Gasteiger partial charge on any atom is -0.449 e. The van der Waals surface area contributed by atoms with Gasteiger partial charge in [-0.3, -0.25) is 4.79 Å². The van der Waals surface area contributed by atoms with Crippen LogP contribution in [0.3, 0.4) is 0 Å². The smallest absolute Gasteiger partial charge is 0.340 e. The van der Waals surface area contributed by atoms with Crippen LogP contribution in [0.5, 0.6) is 0 Å². The van der Waals surface area contributed by atoms with Crippen molar-refractivity contribution in [3.63, 3.8) is 0 Å². The number of carbonyl (C=O) groups is 2. The predicted molar refractivity (Wildman–Crippen MR) is 94.5 cm³/mol. The summed E-state index contributed by atoms with van der Waals surface area (Å²) in [6, 6.07) is 8.92.